The van der Waals surface area contributed by atoms with Crippen molar-refractivity contribution in [3.63, 3.8) is 0 Å². The van der Waals surface area contributed by atoms with Gasteiger partial charge in [-0.15, -0.1) is 4.83 Å². The minimum Gasteiger partial charge on any atom is -0.413 e. The number of hydrazine groups is 1. The van der Waals surface area contributed by atoms with E-state index in [-0.39, 0.29) is 34.7 Å². The Balaban J connectivity index is 1.43. The number of nitrogens with zero attached hydrogens (tertiary/aromatic N) is 5. The third-order valence-corrected chi connectivity index (χ3v) is 10.1. The first-order valence-corrected chi connectivity index (χ1v) is 18.4. The molecule has 1 aromatic carbocycles. The number of nitrogens with two attached hydrogens (primary N) is 1. The number of anilines is 2. The van der Waals surface area contributed by atoms with Crippen molar-refractivity contribution in [2.24, 2.45) is 0 Å². The van der Waals surface area contributed by atoms with Crippen molar-refractivity contribution >= 4 is 58.2 Å². The number of halogens is 1. The van der Waals surface area contributed by atoms with Crippen LogP contribution < -0.4 is 30.5 Å². The van der Waals surface area contributed by atoms with Gasteiger partial charge in [-0.1, -0.05) is 24.4 Å². The third kappa shape index (κ3) is 7.96. The van der Waals surface area contributed by atoms with Gasteiger partial charge in [0.1, 0.15) is 17.5 Å². The summed E-state index contributed by atoms with van der Waals surface area (Å²) >= 11 is 5.99. The quantitative estimate of drug-likeness (QED) is 0.114. The molecule has 1 saturated carbocycles. The fraction of sp³-hybridized carbons (Fsp3) is 0.538. The number of nitrogens with one attached hydrogen (secondary N) is 3. The molecule has 2 fully saturated rings. The summed E-state index contributed by atoms with van der Waals surface area (Å²) in [5.74, 6) is -0.655. The van der Waals surface area contributed by atoms with Crippen LogP contribution in [0.1, 0.15) is 45.8 Å². The standard InChI is InChI=1S/C26H37ClN9O9PS/c1-14(22(38)30-16-7-5-6-8-16)33-46(40,44-17-11-9-15(27)10-12-17)45-23-19(37)26(2,39)24(43-23)36-13-29-18-20(31-25(28)32-21(18)36)35(3)34-47(4,41)42/h9-14,16,19,23-24,34,37,39H,5-8H2,1-4H3,(H,30,38)(H,33,40)(H2,28,31,32)/t14-,19?,23?,24+,26+,46?/m0/s1. The monoisotopic (exact) mass is 717 g/mol. The minimum atomic E-state index is -4.55. The molecule has 3 aromatic rings. The van der Waals surface area contributed by atoms with Crippen LogP contribution in [0.5, 0.6) is 5.75 Å². The van der Waals surface area contributed by atoms with Crippen LogP contribution in [-0.2, 0) is 28.6 Å². The molecule has 47 heavy (non-hydrogen) atoms. The Labute approximate surface area is 275 Å². The molecule has 0 spiro atoms. The van der Waals surface area contributed by atoms with Gasteiger partial charge >= 0.3 is 7.75 Å². The van der Waals surface area contributed by atoms with Crippen LogP contribution in [0.4, 0.5) is 11.8 Å². The molecule has 1 aliphatic carbocycles. The van der Waals surface area contributed by atoms with Gasteiger partial charge in [0.25, 0.3) is 0 Å². The number of rotatable bonds is 12. The average molecular weight is 718 g/mol. The first kappa shape index (κ1) is 35.2. The van der Waals surface area contributed by atoms with Crippen molar-refractivity contribution in [1.29, 1.82) is 0 Å². The van der Waals surface area contributed by atoms with Crippen molar-refractivity contribution in [3.8, 4) is 5.75 Å². The third-order valence-electron chi connectivity index (χ3n) is 7.64. The molecule has 2 aliphatic rings. The van der Waals surface area contributed by atoms with E-state index in [1.165, 1.54) is 56.1 Å². The summed E-state index contributed by atoms with van der Waals surface area (Å²) in [6.07, 6.45) is 0.731. The Morgan fingerprint density at radius 3 is 2.57 bits per heavy atom. The van der Waals surface area contributed by atoms with E-state index < -0.39 is 53.9 Å². The fourth-order valence-electron chi connectivity index (χ4n) is 5.35. The lowest BCUT2D eigenvalue weighted by atomic mass is 9.99. The molecule has 2 aromatic heterocycles. The van der Waals surface area contributed by atoms with Crippen molar-refractivity contribution in [3.05, 3.63) is 35.6 Å². The van der Waals surface area contributed by atoms with E-state index in [4.69, 9.17) is 31.1 Å². The Kier molecular flexibility index (Phi) is 10.0. The summed E-state index contributed by atoms with van der Waals surface area (Å²) in [7, 11) is -6.88. The number of imidazole rings is 1. The highest BCUT2D eigenvalue weighted by atomic mass is 35.5. The maximum atomic E-state index is 14.3. The fourth-order valence-corrected chi connectivity index (χ4v) is 7.64. The van der Waals surface area contributed by atoms with Gasteiger partial charge in [0.15, 0.2) is 23.2 Å². The van der Waals surface area contributed by atoms with Gasteiger partial charge in [-0.05, 0) is 51.0 Å². The van der Waals surface area contributed by atoms with E-state index in [9.17, 15) is 28.0 Å². The zero-order valence-corrected chi connectivity index (χ0v) is 28.4. The van der Waals surface area contributed by atoms with E-state index in [0.29, 0.717) is 5.02 Å². The highest BCUT2D eigenvalue weighted by Gasteiger charge is 2.56. The molecule has 0 bridgehead atoms. The van der Waals surface area contributed by atoms with Gasteiger partial charge in [-0.25, -0.2) is 18.0 Å². The summed E-state index contributed by atoms with van der Waals surface area (Å²) in [5.41, 5.74) is 3.87. The molecule has 3 heterocycles. The largest absolute Gasteiger partial charge is 0.461 e. The lowest BCUT2D eigenvalue weighted by Crippen LogP contribution is -2.46. The van der Waals surface area contributed by atoms with Crippen molar-refractivity contribution in [2.75, 3.05) is 24.0 Å². The second kappa shape index (κ2) is 13.4. The Hall–Kier alpha value is -3.13. The maximum absolute atomic E-state index is 14.3. The molecule has 5 rings (SSSR count). The molecule has 3 unspecified atom stereocenters. The smallest absolute Gasteiger partial charge is 0.413 e. The summed E-state index contributed by atoms with van der Waals surface area (Å²) in [6, 6.07) is 4.77. The van der Waals surface area contributed by atoms with Crippen LogP contribution in [0, 0.1) is 0 Å². The zero-order chi connectivity index (χ0) is 34.3. The van der Waals surface area contributed by atoms with E-state index in [0.717, 1.165) is 36.9 Å². The number of ether oxygens (including phenoxy) is 1. The Morgan fingerprint density at radius 1 is 1.28 bits per heavy atom. The molecular formula is C26H37ClN9O9PS. The lowest BCUT2D eigenvalue weighted by molar-refractivity contribution is -0.131. The number of carbonyl (C=O) groups is 1. The number of hydrogen-bond donors (Lipinski definition) is 6. The molecule has 258 valence electrons. The van der Waals surface area contributed by atoms with Crippen LogP contribution >= 0.6 is 19.3 Å². The number of aliphatic hydroxyl groups is 2. The Bertz CT molecular complexity index is 1770. The van der Waals surface area contributed by atoms with Crippen molar-refractivity contribution < 1.29 is 41.8 Å². The normalized spacial score (nSPS) is 25.5. The van der Waals surface area contributed by atoms with Gasteiger partial charge in [0.2, 0.25) is 28.2 Å². The number of hydrogen-bond acceptors (Lipinski definition) is 14. The number of sulfonamides is 1. The van der Waals surface area contributed by atoms with Crippen molar-refractivity contribution in [1.82, 2.24) is 34.8 Å². The Morgan fingerprint density at radius 2 is 1.94 bits per heavy atom. The molecule has 1 saturated heterocycles. The van der Waals surface area contributed by atoms with Crippen LogP contribution in [0.15, 0.2) is 30.6 Å². The number of benzene rings is 1. The summed E-state index contributed by atoms with van der Waals surface area (Å²) in [5, 5.41) is 29.6. The number of fused-ring (bicyclic) bond motifs is 1. The predicted molar refractivity (Wildman–Crippen MR) is 170 cm³/mol. The van der Waals surface area contributed by atoms with Gasteiger partial charge in [-0.3, -0.25) is 18.9 Å². The highest BCUT2D eigenvalue weighted by molar-refractivity contribution is 7.88. The predicted octanol–water partition coefficient (Wildman–Crippen LogP) is 1.17. The van der Waals surface area contributed by atoms with Crippen molar-refractivity contribution in [2.45, 2.75) is 75.8 Å². The summed E-state index contributed by atoms with van der Waals surface area (Å²) < 4.78 is 56.5. The number of aliphatic hydroxyl groups excluding tert-OH is 1. The topological polar surface area (TPSA) is 245 Å². The van der Waals surface area contributed by atoms with E-state index in [2.05, 4.69) is 30.2 Å². The summed E-state index contributed by atoms with van der Waals surface area (Å²) in [4.78, 5) is 27.7. The van der Waals surface area contributed by atoms with Crippen LogP contribution in [0.3, 0.4) is 0 Å². The molecule has 7 N–H and O–H groups in total. The summed E-state index contributed by atoms with van der Waals surface area (Å²) in [6.45, 7) is 2.72. The number of carbonyl (C=O) groups excluding carboxylic acids is 1. The van der Waals surface area contributed by atoms with Crippen LogP contribution in [0.2, 0.25) is 5.02 Å². The van der Waals surface area contributed by atoms with Gasteiger partial charge in [0, 0.05) is 18.1 Å². The molecule has 18 nitrogen and oxygen atoms in total. The maximum Gasteiger partial charge on any atom is 0.461 e. The van der Waals surface area contributed by atoms with Gasteiger partial charge in [-0.2, -0.15) is 15.1 Å². The minimum absolute atomic E-state index is 0.00343. The van der Waals surface area contributed by atoms with Gasteiger partial charge in [0.05, 0.1) is 18.6 Å². The molecule has 1 aliphatic heterocycles. The first-order valence-electron chi connectivity index (χ1n) is 14.5. The van der Waals surface area contributed by atoms with Crippen LogP contribution in [-0.4, -0.2) is 87.4 Å². The second-order valence-electron chi connectivity index (χ2n) is 11.7. The SMILES string of the molecule is C[C@H](NP(=O)(Oc1ccc(Cl)cc1)OC1O[C@@H](n2cnc3c(N(C)NS(C)(=O)=O)nc(N)nc32)[C@](C)(O)C1O)C(=O)NC1CCCC1. The second-order valence-corrected chi connectivity index (χ2v) is 15.5. The number of aromatic nitrogens is 4. The lowest BCUT2D eigenvalue weighted by Gasteiger charge is -2.28. The molecule has 6 atom stereocenters. The van der Waals surface area contributed by atoms with E-state index in [1.807, 2.05) is 0 Å². The zero-order valence-electron chi connectivity index (χ0n) is 25.9. The molecule has 21 heteroatoms. The number of amides is 1. The first-order chi connectivity index (χ1) is 22.0. The van der Waals surface area contributed by atoms with E-state index >= 15 is 0 Å². The molecular weight excluding hydrogens is 681 g/mol. The van der Waals surface area contributed by atoms with Crippen LogP contribution in [0.25, 0.3) is 11.2 Å². The molecule has 0 radical (unpaired) electrons. The average Bonchev–Trinajstić information content (AvgIpc) is 3.68. The highest BCUT2D eigenvalue weighted by Crippen LogP contribution is 2.51. The van der Waals surface area contributed by atoms with E-state index in [1.54, 1.807) is 0 Å². The molecule has 1 amide bonds. The number of nitrogen functional groups attached to an aromatic ring is 1. The van der Waals surface area contributed by atoms with Gasteiger partial charge < -0.3 is 30.5 Å².